The van der Waals surface area contributed by atoms with E-state index >= 15 is 0 Å². The first-order valence-electron chi connectivity index (χ1n) is 9.84. The van der Waals surface area contributed by atoms with Crippen molar-refractivity contribution in [2.24, 2.45) is 40.9 Å². The molecular formula is C21H31BrO. The molecule has 0 heterocycles. The number of allylic oxidation sites excluding steroid dienone is 1. The molecule has 1 nitrogen and oxygen atoms in total. The number of hydrogen-bond donors (Lipinski definition) is 0. The fourth-order valence-corrected chi connectivity index (χ4v) is 7.56. The minimum absolute atomic E-state index is 0.348. The van der Waals surface area contributed by atoms with E-state index in [1.807, 2.05) is 6.08 Å². The van der Waals surface area contributed by atoms with Crippen LogP contribution < -0.4 is 0 Å². The average molecular weight is 379 g/mol. The molecule has 0 aromatic heterocycles. The van der Waals surface area contributed by atoms with Crippen molar-refractivity contribution in [3.8, 4) is 0 Å². The Bertz CT molecular complexity index is 524. The van der Waals surface area contributed by atoms with Crippen LogP contribution in [0, 0.1) is 40.9 Å². The van der Waals surface area contributed by atoms with Crippen LogP contribution >= 0.6 is 15.9 Å². The molecule has 4 aliphatic carbocycles. The van der Waals surface area contributed by atoms with Crippen molar-refractivity contribution in [1.29, 1.82) is 0 Å². The molecule has 23 heavy (non-hydrogen) atoms. The molecule has 0 bridgehead atoms. The number of ketones is 1. The summed E-state index contributed by atoms with van der Waals surface area (Å²) in [6.07, 6.45) is 12.3. The van der Waals surface area contributed by atoms with Gasteiger partial charge >= 0.3 is 0 Å². The van der Waals surface area contributed by atoms with Gasteiger partial charge in [0.15, 0.2) is 5.78 Å². The van der Waals surface area contributed by atoms with E-state index in [4.69, 9.17) is 0 Å². The Balaban J connectivity index is 1.59. The van der Waals surface area contributed by atoms with Crippen LogP contribution in [0.15, 0.2) is 11.6 Å². The van der Waals surface area contributed by atoms with Crippen molar-refractivity contribution in [3.63, 3.8) is 0 Å². The summed E-state index contributed by atoms with van der Waals surface area (Å²) in [6.45, 7) is 4.94. The zero-order valence-corrected chi connectivity index (χ0v) is 16.3. The number of rotatable bonds is 2. The van der Waals surface area contributed by atoms with Crippen LogP contribution in [-0.2, 0) is 4.79 Å². The zero-order valence-electron chi connectivity index (χ0n) is 14.7. The van der Waals surface area contributed by atoms with Gasteiger partial charge in [-0.15, -0.1) is 0 Å². The van der Waals surface area contributed by atoms with Crippen LogP contribution in [0.4, 0.5) is 0 Å². The molecule has 3 saturated carbocycles. The molecule has 3 fully saturated rings. The summed E-state index contributed by atoms with van der Waals surface area (Å²) in [5, 5.41) is 1.17. The third kappa shape index (κ3) is 2.50. The molecule has 0 radical (unpaired) electrons. The van der Waals surface area contributed by atoms with Crippen molar-refractivity contribution in [3.05, 3.63) is 11.6 Å². The maximum absolute atomic E-state index is 11.9. The standard InChI is InChI=1S/C21H31BrO/c1-13(12-22)16-5-6-18-17(16)7-8-20-19(18)4-3-14-11-15(23)9-10-21(14,20)2/h11,13,16-20H,3-10,12H2,1-2H3/t13-,16-,17?,18-,19+,20+,21+/m1/s1. The smallest absolute Gasteiger partial charge is 0.155 e. The molecule has 0 spiro atoms. The molecule has 2 heteroatoms. The second kappa shape index (κ2) is 6.00. The maximum Gasteiger partial charge on any atom is 0.155 e. The molecule has 0 aliphatic heterocycles. The SMILES string of the molecule is C[C@H](CBr)[C@H]1CC[C@@H]2C1CC[C@H]1[C@H]2CCC2=CC(=O)CC[C@@]21C. The lowest BCUT2D eigenvalue weighted by atomic mass is 9.49. The van der Waals surface area contributed by atoms with Crippen LogP contribution in [0.5, 0.6) is 0 Å². The predicted molar refractivity (Wildman–Crippen MR) is 98.5 cm³/mol. The van der Waals surface area contributed by atoms with E-state index in [2.05, 4.69) is 29.8 Å². The highest BCUT2D eigenvalue weighted by atomic mass is 79.9. The van der Waals surface area contributed by atoms with Gasteiger partial charge in [-0.3, -0.25) is 4.79 Å². The Labute approximate surface area is 149 Å². The molecule has 0 aromatic rings. The molecular weight excluding hydrogens is 348 g/mol. The van der Waals surface area contributed by atoms with Crippen molar-refractivity contribution in [2.75, 3.05) is 5.33 Å². The number of alkyl halides is 1. The quantitative estimate of drug-likeness (QED) is 0.556. The summed E-state index contributed by atoms with van der Waals surface area (Å²) in [6, 6.07) is 0. The van der Waals surface area contributed by atoms with E-state index in [1.54, 1.807) is 0 Å². The van der Waals surface area contributed by atoms with E-state index in [0.717, 1.165) is 48.3 Å². The third-order valence-corrected chi connectivity index (χ3v) is 9.33. The highest BCUT2D eigenvalue weighted by Gasteiger charge is 2.54. The zero-order chi connectivity index (χ0) is 16.2. The van der Waals surface area contributed by atoms with Crippen molar-refractivity contribution >= 4 is 21.7 Å². The molecule has 0 N–H and O–H groups in total. The summed E-state index contributed by atoms with van der Waals surface area (Å²) in [5.41, 5.74) is 1.86. The molecule has 128 valence electrons. The van der Waals surface area contributed by atoms with Gasteiger partial charge in [0.25, 0.3) is 0 Å². The van der Waals surface area contributed by atoms with E-state index < -0.39 is 0 Å². The largest absolute Gasteiger partial charge is 0.295 e. The second-order valence-corrected chi connectivity index (χ2v) is 9.79. The summed E-state index contributed by atoms with van der Waals surface area (Å²) in [4.78, 5) is 11.9. The van der Waals surface area contributed by atoms with Crippen molar-refractivity contribution in [2.45, 2.75) is 65.2 Å². The fourth-order valence-electron chi connectivity index (χ4n) is 7.08. The number of fused-ring (bicyclic) bond motifs is 5. The molecule has 0 aromatic carbocycles. The van der Waals surface area contributed by atoms with Crippen LogP contribution in [0.2, 0.25) is 0 Å². The number of halogens is 1. The van der Waals surface area contributed by atoms with Gasteiger partial charge in [0.2, 0.25) is 0 Å². The summed E-state index contributed by atoms with van der Waals surface area (Å²) >= 11 is 3.73. The molecule has 1 unspecified atom stereocenters. The molecule has 4 aliphatic rings. The van der Waals surface area contributed by atoms with Gasteiger partial charge in [-0.1, -0.05) is 35.4 Å². The van der Waals surface area contributed by atoms with Crippen molar-refractivity contribution in [1.82, 2.24) is 0 Å². The van der Waals surface area contributed by atoms with Gasteiger partial charge in [0.05, 0.1) is 0 Å². The normalized spacial score (nSPS) is 47.3. The predicted octanol–water partition coefficient (Wildman–Crippen LogP) is 5.78. The van der Waals surface area contributed by atoms with Gasteiger partial charge in [-0.05, 0) is 91.9 Å². The lowest BCUT2D eigenvalue weighted by molar-refractivity contribution is -0.117. The molecule has 0 saturated heterocycles. The second-order valence-electron chi connectivity index (χ2n) is 9.14. The van der Waals surface area contributed by atoms with Crippen molar-refractivity contribution < 1.29 is 4.79 Å². The maximum atomic E-state index is 11.9. The van der Waals surface area contributed by atoms with E-state index in [9.17, 15) is 4.79 Å². The lowest BCUT2D eigenvalue weighted by Crippen LogP contribution is -2.47. The first-order chi connectivity index (χ1) is 11.0. The fraction of sp³-hybridized carbons (Fsp3) is 0.857. The van der Waals surface area contributed by atoms with E-state index in [-0.39, 0.29) is 0 Å². The monoisotopic (exact) mass is 378 g/mol. The van der Waals surface area contributed by atoms with E-state index in [1.165, 1.54) is 49.4 Å². The third-order valence-electron chi connectivity index (χ3n) is 8.31. The molecule has 7 atom stereocenters. The molecule has 0 amide bonds. The topological polar surface area (TPSA) is 17.1 Å². The highest BCUT2D eigenvalue weighted by molar-refractivity contribution is 9.09. The van der Waals surface area contributed by atoms with Gasteiger partial charge in [-0.25, -0.2) is 0 Å². The van der Waals surface area contributed by atoms with E-state index in [0.29, 0.717) is 11.2 Å². The van der Waals surface area contributed by atoms with Crippen LogP contribution in [0.3, 0.4) is 0 Å². The lowest BCUT2D eigenvalue weighted by Gasteiger charge is -2.55. The highest BCUT2D eigenvalue weighted by Crippen LogP contribution is 2.63. The first-order valence-corrected chi connectivity index (χ1v) is 11.0. The molecule has 4 rings (SSSR count). The number of carbonyl (C=O) groups excluding carboxylic acids is 1. The summed E-state index contributed by atoms with van der Waals surface area (Å²) < 4.78 is 0. The summed E-state index contributed by atoms with van der Waals surface area (Å²) in [5.74, 6) is 5.95. The Morgan fingerprint density at radius 3 is 2.70 bits per heavy atom. The minimum Gasteiger partial charge on any atom is -0.295 e. The number of hydrogen-bond acceptors (Lipinski definition) is 1. The van der Waals surface area contributed by atoms with Gasteiger partial charge in [0, 0.05) is 11.8 Å². The minimum atomic E-state index is 0.348. The average Bonchev–Trinajstić information content (AvgIpc) is 2.99. The van der Waals surface area contributed by atoms with Gasteiger partial charge in [-0.2, -0.15) is 0 Å². The van der Waals surface area contributed by atoms with Gasteiger partial charge < -0.3 is 0 Å². The van der Waals surface area contributed by atoms with Gasteiger partial charge in [0.1, 0.15) is 0 Å². The Kier molecular flexibility index (Phi) is 4.27. The van der Waals surface area contributed by atoms with Crippen LogP contribution in [0.1, 0.15) is 65.2 Å². The van der Waals surface area contributed by atoms with Crippen LogP contribution in [-0.4, -0.2) is 11.1 Å². The Morgan fingerprint density at radius 2 is 1.91 bits per heavy atom. The Morgan fingerprint density at radius 1 is 1.13 bits per heavy atom. The number of carbonyl (C=O) groups is 1. The summed E-state index contributed by atoms with van der Waals surface area (Å²) in [7, 11) is 0. The van der Waals surface area contributed by atoms with Crippen LogP contribution in [0.25, 0.3) is 0 Å². The Hall–Kier alpha value is -0.110. The first kappa shape index (κ1) is 16.4.